The maximum absolute atomic E-state index is 14.6. The van der Waals surface area contributed by atoms with E-state index in [0.717, 1.165) is 67.4 Å². The fourth-order valence-corrected chi connectivity index (χ4v) is 4.45. The van der Waals surface area contributed by atoms with Crippen LogP contribution in [0.4, 0.5) is 10.1 Å². The van der Waals surface area contributed by atoms with E-state index in [-0.39, 0.29) is 11.4 Å². The third-order valence-electron chi connectivity index (χ3n) is 6.22. The number of halogens is 1. The Hall–Kier alpha value is -3.45. The minimum Gasteiger partial charge on any atom is -0.478 e. The zero-order chi connectivity index (χ0) is 22.6. The number of anilines is 1. The average molecular weight is 447 g/mol. The Balaban J connectivity index is 1.08. The molecule has 5 rings (SSSR count). The molecule has 0 bridgehead atoms. The van der Waals surface area contributed by atoms with Crippen LogP contribution in [0.2, 0.25) is 0 Å². The summed E-state index contributed by atoms with van der Waals surface area (Å²) in [4.78, 5) is 23.1. The standard InChI is InChI=1S/C26H27FN4O2/c27-22-10-7-19-5-1-2-6-21(19)25(22)31-16-14-30(15-17-31)13-3-4-18-33-24-12-9-20-8-11-23(32)28-26(20)29-24/h1-2,5-12H,3-4,13-18H2,(H,28,29,32). The highest BCUT2D eigenvalue weighted by Gasteiger charge is 2.21. The Kier molecular flexibility index (Phi) is 6.21. The lowest BCUT2D eigenvalue weighted by Gasteiger charge is -2.36. The van der Waals surface area contributed by atoms with E-state index in [9.17, 15) is 9.18 Å². The van der Waals surface area contributed by atoms with Crippen LogP contribution in [0.5, 0.6) is 5.88 Å². The molecule has 1 aliphatic rings. The highest BCUT2D eigenvalue weighted by molar-refractivity contribution is 5.94. The number of rotatable bonds is 7. The van der Waals surface area contributed by atoms with E-state index in [2.05, 4.69) is 19.8 Å². The van der Waals surface area contributed by atoms with Gasteiger partial charge in [0, 0.05) is 49.1 Å². The summed E-state index contributed by atoms with van der Waals surface area (Å²) in [5, 5.41) is 2.93. The molecule has 0 atom stereocenters. The van der Waals surface area contributed by atoms with Gasteiger partial charge >= 0.3 is 0 Å². The summed E-state index contributed by atoms with van der Waals surface area (Å²) in [6.07, 6.45) is 1.94. The van der Waals surface area contributed by atoms with Crippen LogP contribution in [0.25, 0.3) is 21.8 Å². The molecule has 0 unspecified atom stereocenters. The number of piperazine rings is 1. The lowest BCUT2D eigenvalue weighted by molar-refractivity contribution is 0.236. The number of H-pyrrole nitrogens is 1. The summed E-state index contributed by atoms with van der Waals surface area (Å²) < 4.78 is 20.4. The Morgan fingerprint density at radius 2 is 1.70 bits per heavy atom. The molecular formula is C26H27FN4O2. The minimum atomic E-state index is -0.171. The van der Waals surface area contributed by atoms with Crippen LogP contribution in [0.3, 0.4) is 0 Å². The molecular weight excluding hydrogens is 419 g/mol. The first kappa shape index (κ1) is 21.4. The summed E-state index contributed by atoms with van der Waals surface area (Å²) >= 11 is 0. The van der Waals surface area contributed by atoms with Gasteiger partial charge in [-0.25, -0.2) is 4.39 Å². The Labute approximate surface area is 191 Å². The van der Waals surface area contributed by atoms with Crippen LogP contribution in [0.15, 0.2) is 65.5 Å². The van der Waals surface area contributed by atoms with E-state index in [1.54, 1.807) is 12.1 Å². The Morgan fingerprint density at radius 3 is 2.58 bits per heavy atom. The minimum absolute atomic E-state index is 0.148. The first-order valence-corrected chi connectivity index (χ1v) is 11.4. The lowest BCUT2D eigenvalue weighted by atomic mass is 10.1. The molecule has 0 spiro atoms. The number of unbranched alkanes of at least 4 members (excludes halogenated alkanes) is 1. The van der Waals surface area contributed by atoms with Gasteiger partial charge in [-0.15, -0.1) is 0 Å². The molecule has 1 N–H and O–H groups in total. The zero-order valence-corrected chi connectivity index (χ0v) is 18.5. The van der Waals surface area contributed by atoms with Gasteiger partial charge in [0.05, 0.1) is 12.3 Å². The summed E-state index contributed by atoms with van der Waals surface area (Å²) in [5.41, 5.74) is 1.10. The summed E-state index contributed by atoms with van der Waals surface area (Å²) in [6, 6.07) is 18.4. The van der Waals surface area contributed by atoms with Gasteiger partial charge in [0.25, 0.3) is 0 Å². The topological polar surface area (TPSA) is 61.5 Å². The molecule has 7 heteroatoms. The molecule has 0 amide bonds. The smallest absolute Gasteiger partial charge is 0.249 e. The van der Waals surface area contributed by atoms with E-state index in [1.807, 2.05) is 42.5 Å². The number of nitrogens with zero attached hydrogens (tertiary/aromatic N) is 3. The predicted octanol–water partition coefficient (Wildman–Crippen LogP) is 4.20. The summed E-state index contributed by atoms with van der Waals surface area (Å²) in [7, 11) is 0. The van der Waals surface area contributed by atoms with Crippen molar-refractivity contribution < 1.29 is 9.13 Å². The molecule has 2 aromatic heterocycles. The van der Waals surface area contributed by atoms with E-state index < -0.39 is 0 Å². The van der Waals surface area contributed by atoms with Crippen LogP contribution in [0, 0.1) is 5.82 Å². The second-order valence-electron chi connectivity index (χ2n) is 8.41. The van der Waals surface area contributed by atoms with Crippen LogP contribution >= 0.6 is 0 Å². The maximum atomic E-state index is 14.6. The van der Waals surface area contributed by atoms with Crippen molar-refractivity contribution in [1.29, 1.82) is 0 Å². The lowest BCUT2D eigenvalue weighted by Crippen LogP contribution is -2.47. The molecule has 0 radical (unpaired) electrons. The van der Waals surface area contributed by atoms with Crippen LogP contribution < -0.4 is 15.2 Å². The molecule has 1 aliphatic heterocycles. The van der Waals surface area contributed by atoms with Crippen molar-refractivity contribution in [3.05, 3.63) is 76.8 Å². The number of aromatic nitrogens is 2. The molecule has 1 saturated heterocycles. The van der Waals surface area contributed by atoms with Crippen molar-refractivity contribution in [1.82, 2.24) is 14.9 Å². The summed E-state index contributed by atoms with van der Waals surface area (Å²) in [6.45, 7) is 5.05. The van der Waals surface area contributed by atoms with E-state index >= 15 is 0 Å². The molecule has 1 fully saturated rings. The molecule has 0 saturated carbocycles. The monoisotopic (exact) mass is 446 g/mol. The number of pyridine rings is 2. The normalized spacial score (nSPS) is 14.8. The van der Waals surface area contributed by atoms with E-state index in [0.29, 0.717) is 18.1 Å². The largest absolute Gasteiger partial charge is 0.478 e. The predicted molar refractivity (Wildman–Crippen MR) is 130 cm³/mol. The van der Waals surface area contributed by atoms with Gasteiger partial charge < -0.3 is 14.6 Å². The third-order valence-corrected chi connectivity index (χ3v) is 6.22. The molecule has 170 valence electrons. The molecule has 4 aromatic rings. The van der Waals surface area contributed by atoms with Gasteiger partial charge in [0.1, 0.15) is 11.5 Å². The maximum Gasteiger partial charge on any atom is 0.249 e. The molecule has 3 heterocycles. The number of hydrogen-bond acceptors (Lipinski definition) is 5. The summed E-state index contributed by atoms with van der Waals surface area (Å²) in [5.74, 6) is 0.376. The Bertz CT molecular complexity index is 1310. The molecule has 0 aliphatic carbocycles. The number of hydrogen-bond donors (Lipinski definition) is 1. The second-order valence-corrected chi connectivity index (χ2v) is 8.41. The number of nitrogens with one attached hydrogen (secondary N) is 1. The van der Waals surface area contributed by atoms with Gasteiger partial charge in [-0.3, -0.25) is 9.69 Å². The number of fused-ring (bicyclic) bond motifs is 2. The van der Waals surface area contributed by atoms with E-state index in [1.165, 1.54) is 6.07 Å². The van der Waals surface area contributed by atoms with Crippen molar-refractivity contribution in [3.63, 3.8) is 0 Å². The highest BCUT2D eigenvalue weighted by Crippen LogP contribution is 2.30. The molecule has 33 heavy (non-hydrogen) atoms. The van der Waals surface area contributed by atoms with Crippen LogP contribution in [0.1, 0.15) is 12.8 Å². The quantitative estimate of drug-likeness (QED) is 0.431. The fourth-order valence-electron chi connectivity index (χ4n) is 4.45. The van der Waals surface area contributed by atoms with Gasteiger partial charge in [0.2, 0.25) is 11.4 Å². The molecule has 6 nitrogen and oxygen atoms in total. The van der Waals surface area contributed by atoms with Gasteiger partial charge in [-0.05, 0) is 43.0 Å². The average Bonchev–Trinajstić information content (AvgIpc) is 2.84. The number of benzene rings is 2. The van der Waals surface area contributed by atoms with Gasteiger partial charge in [-0.2, -0.15) is 4.98 Å². The second kappa shape index (κ2) is 9.58. The third kappa shape index (κ3) is 4.83. The van der Waals surface area contributed by atoms with Crippen LogP contribution in [-0.4, -0.2) is 54.2 Å². The van der Waals surface area contributed by atoms with Crippen molar-refractivity contribution in [2.45, 2.75) is 12.8 Å². The SMILES string of the molecule is O=c1ccc2ccc(OCCCCN3CCN(c4c(F)ccc5ccccc45)CC3)nc2[nH]1. The Morgan fingerprint density at radius 1 is 0.909 bits per heavy atom. The van der Waals surface area contributed by atoms with Crippen molar-refractivity contribution in [2.24, 2.45) is 0 Å². The van der Waals surface area contributed by atoms with Crippen molar-refractivity contribution in [2.75, 3.05) is 44.2 Å². The first-order chi connectivity index (χ1) is 16.2. The number of ether oxygens (including phenoxy) is 1. The first-order valence-electron chi connectivity index (χ1n) is 11.4. The highest BCUT2D eigenvalue weighted by atomic mass is 19.1. The zero-order valence-electron chi connectivity index (χ0n) is 18.5. The van der Waals surface area contributed by atoms with Crippen LogP contribution in [-0.2, 0) is 0 Å². The molecule has 2 aromatic carbocycles. The van der Waals surface area contributed by atoms with Gasteiger partial charge in [-0.1, -0.05) is 30.3 Å². The van der Waals surface area contributed by atoms with Gasteiger partial charge in [0.15, 0.2) is 0 Å². The van der Waals surface area contributed by atoms with Crippen molar-refractivity contribution >= 4 is 27.5 Å². The van der Waals surface area contributed by atoms with E-state index in [4.69, 9.17) is 4.74 Å². The fraction of sp³-hybridized carbons (Fsp3) is 0.308. The van der Waals surface area contributed by atoms with Crippen molar-refractivity contribution in [3.8, 4) is 5.88 Å². The number of aromatic amines is 1.